The van der Waals surface area contributed by atoms with Gasteiger partial charge in [0, 0.05) is 19.2 Å². The van der Waals surface area contributed by atoms with Crippen LogP contribution in [0.15, 0.2) is 11.1 Å². The molecule has 0 spiro atoms. The third-order valence-electron chi connectivity index (χ3n) is 4.11. The molecule has 2 aliphatic heterocycles. The van der Waals surface area contributed by atoms with Crippen LogP contribution in [0.2, 0.25) is 0 Å². The van der Waals surface area contributed by atoms with Crippen LogP contribution >= 0.6 is 0 Å². The molecular weight excluding hydrogens is 358 g/mol. The second-order valence-corrected chi connectivity index (χ2v) is 5.84. The van der Waals surface area contributed by atoms with Crippen molar-refractivity contribution in [2.45, 2.75) is 6.42 Å². The number of ether oxygens (including phenoxy) is 2. The molecule has 1 amide bonds. The van der Waals surface area contributed by atoms with Gasteiger partial charge in [-0.25, -0.2) is 10.0 Å². The van der Waals surface area contributed by atoms with Gasteiger partial charge in [0.05, 0.1) is 18.9 Å². The number of anilines is 1. The van der Waals surface area contributed by atoms with Crippen molar-refractivity contribution in [2.75, 3.05) is 45.3 Å². The molecule has 2 saturated heterocycles. The number of carbonyl (C=O) groups excluding carboxylic acids is 1. The number of hydrogen-bond donors (Lipinski definition) is 5. The maximum absolute atomic E-state index is 12.5. The normalized spacial score (nSPS) is 17.8. The number of aliphatic imine (C=N–C) groups is 1. The zero-order valence-corrected chi connectivity index (χ0v) is 14.5. The molecule has 27 heavy (non-hydrogen) atoms. The van der Waals surface area contributed by atoms with E-state index < -0.39 is 11.7 Å². The van der Waals surface area contributed by atoms with E-state index in [1.54, 1.807) is 5.01 Å². The Bertz CT molecular complexity index is 772. The van der Waals surface area contributed by atoms with E-state index in [9.17, 15) is 9.90 Å². The predicted octanol–water partition coefficient (Wildman–Crippen LogP) is -0.771. The third-order valence-corrected chi connectivity index (χ3v) is 4.11. The smallest absolute Gasteiger partial charge is 0.294 e. The number of rotatable bonds is 7. The van der Waals surface area contributed by atoms with Crippen LogP contribution in [0, 0.1) is 5.41 Å². The number of hydrogen-bond acceptors (Lipinski definition) is 9. The maximum atomic E-state index is 12.5. The fourth-order valence-corrected chi connectivity index (χ4v) is 2.90. The number of phenols is 1. The number of amides is 1. The van der Waals surface area contributed by atoms with Crippen molar-refractivity contribution >= 4 is 28.8 Å². The topological polar surface area (TPSA) is 165 Å². The Kier molecular flexibility index (Phi) is 5.33. The summed E-state index contributed by atoms with van der Waals surface area (Å²) in [5, 5.41) is 39.3. The molecule has 11 heteroatoms. The van der Waals surface area contributed by atoms with Crippen LogP contribution in [-0.4, -0.2) is 82.3 Å². The minimum absolute atomic E-state index is 0.0272. The lowest BCUT2D eigenvalue weighted by Crippen LogP contribution is -2.33. The number of hydrazine groups is 1. The van der Waals surface area contributed by atoms with Crippen LogP contribution in [-0.2, 0) is 4.79 Å². The number of nitrogen functional groups attached to an aromatic ring is 1. The number of phenolic OH excluding ortho intramolecular Hbond substituents is 1. The molecule has 0 aliphatic carbocycles. The number of aromatic hydroxyl groups is 1. The van der Waals surface area contributed by atoms with Crippen molar-refractivity contribution < 1.29 is 29.6 Å². The summed E-state index contributed by atoms with van der Waals surface area (Å²) in [6.45, 7) is 0.257. The first-order chi connectivity index (χ1) is 13.0. The highest BCUT2D eigenvalue weighted by Gasteiger charge is 2.42. The molecule has 0 unspecified atom stereocenters. The first kappa shape index (κ1) is 18.7. The summed E-state index contributed by atoms with van der Waals surface area (Å²) in [6, 6.07) is 1.30. The van der Waals surface area contributed by atoms with E-state index in [4.69, 9.17) is 30.8 Å². The molecule has 0 radical (unpaired) electrons. The average molecular weight is 379 g/mol. The van der Waals surface area contributed by atoms with Gasteiger partial charge in [-0.2, -0.15) is 0 Å². The van der Waals surface area contributed by atoms with Gasteiger partial charge in [0.25, 0.3) is 5.91 Å². The van der Waals surface area contributed by atoms with E-state index >= 15 is 0 Å². The van der Waals surface area contributed by atoms with Gasteiger partial charge < -0.3 is 30.5 Å². The number of amidine groups is 1. The first-order valence-corrected chi connectivity index (χ1v) is 8.39. The molecular formula is C16H21N5O6. The second kappa shape index (κ2) is 7.68. The summed E-state index contributed by atoms with van der Waals surface area (Å²) >= 11 is 0. The van der Waals surface area contributed by atoms with Gasteiger partial charge in [-0.05, 0) is 6.42 Å². The molecule has 146 valence electrons. The Labute approximate surface area is 154 Å². The summed E-state index contributed by atoms with van der Waals surface area (Å²) < 4.78 is 10.5. The molecule has 6 N–H and O–H groups in total. The van der Waals surface area contributed by atoms with Crippen LogP contribution in [0.1, 0.15) is 6.42 Å². The van der Waals surface area contributed by atoms with Crippen LogP contribution in [0.4, 0.5) is 11.4 Å². The van der Waals surface area contributed by atoms with Gasteiger partial charge in [-0.3, -0.25) is 15.2 Å². The Morgan fingerprint density at radius 3 is 2.52 bits per heavy atom. The van der Waals surface area contributed by atoms with Crippen molar-refractivity contribution in [3.8, 4) is 17.2 Å². The largest absolute Gasteiger partial charge is 0.502 e. The van der Waals surface area contributed by atoms with Crippen LogP contribution in [0.25, 0.3) is 0 Å². The summed E-state index contributed by atoms with van der Waals surface area (Å²) in [7, 11) is 0. The van der Waals surface area contributed by atoms with Crippen LogP contribution < -0.4 is 15.2 Å². The maximum Gasteiger partial charge on any atom is 0.294 e. The lowest BCUT2D eigenvalue weighted by Gasteiger charge is -2.17. The minimum Gasteiger partial charge on any atom is -0.502 e. The number of aliphatic hydroxyl groups is 2. The molecule has 2 aliphatic rings. The fourth-order valence-electron chi connectivity index (χ4n) is 2.90. The summed E-state index contributed by atoms with van der Waals surface area (Å²) in [6.07, 6.45) is 0.779. The van der Waals surface area contributed by atoms with E-state index in [1.165, 1.54) is 11.1 Å². The molecule has 3 rings (SSSR count). The third kappa shape index (κ3) is 3.34. The Morgan fingerprint density at radius 2 is 1.85 bits per heavy atom. The highest BCUT2D eigenvalue weighted by atomic mass is 16.5. The molecule has 2 fully saturated rings. The van der Waals surface area contributed by atoms with E-state index in [0.717, 1.165) is 6.42 Å². The molecule has 2 heterocycles. The van der Waals surface area contributed by atoms with Crippen molar-refractivity contribution in [2.24, 2.45) is 4.99 Å². The monoisotopic (exact) mass is 379 g/mol. The Balaban J connectivity index is 2.03. The number of nitrogens with one attached hydrogen (secondary N) is 1. The highest BCUT2D eigenvalue weighted by molar-refractivity contribution is 6.68. The molecule has 1 aromatic carbocycles. The van der Waals surface area contributed by atoms with Crippen molar-refractivity contribution in [3.63, 3.8) is 0 Å². The molecule has 0 aromatic heterocycles. The van der Waals surface area contributed by atoms with Crippen molar-refractivity contribution in [1.82, 2.24) is 10.0 Å². The van der Waals surface area contributed by atoms with Gasteiger partial charge >= 0.3 is 0 Å². The van der Waals surface area contributed by atoms with Crippen molar-refractivity contribution in [3.05, 3.63) is 6.07 Å². The SMILES string of the molecule is N=C1C(=Nc2cc(OCCO)c(O)c(OCCO)c2N)C(=O)N2CCCN12. The summed E-state index contributed by atoms with van der Waals surface area (Å²) in [5.74, 6) is -1.04. The highest BCUT2D eigenvalue weighted by Crippen LogP contribution is 2.47. The molecule has 0 atom stereocenters. The molecule has 0 saturated carbocycles. The second-order valence-electron chi connectivity index (χ2n) is 5.84. The lowest BCUT2D eigenvalue weighted by atomic mass is 10.2. The quantitative estimate of drug-likeness (QED) is 0.385. The van der Waals surface area contributed by atoms with Gasteiger partial charge in [0.2, 0.25) is 5.75 Å². The number of benzene rings is 1. The lowest BCUT2D eigenvalue weighted by molar-refractivity contribution is -0.129. The van der Waals surface area contributed by atoms with E-state index in [0.29, 0.717) is 13.1 Å². The van der Waals surface area contributed by atoms with Crippen LogP contribution in [0.5, 0.6) is 17.2 Å². The average Bonchev–Trinajstić information content (AvgIpc) is 3.22. The minimum atomic E-state index is -0.407. The predicted molar refractivity (Wildman–Crippen MR) is 95.5 cm³/mol. The number of nitrogens with two attached hydrogens (primary N) is 1. The van der Waals surface area contributed by atoms with Crippen molar-refractivity contribution in [1.29, 1.82) is 5.41 Å². The van der Waals surface area contributed by atoms with E-state index in [2.05, 4.69) is 4.99 Å². The number of aliphatic hydroxyl groups excluding tert-OH is 2. The fraction of sp³-hybridized carbons (Fsp3) is 0.438. The van der Waals surface area contributed by atoms with Crippen LogP contribution in [0.3, 0.4) is 0 Å². The van der Waals surface area contributed by atoms with Gasteiger partial charge in [0.1, 0.15) is 18.9 Å². The zero-order valence-electron chi connectivity index (χ0n) is 14.5. The standard InChI is InChI=1S/C16H21N5O6/c17-11-9(19-12-15(18)20-2-1-3-21(20)16(12)25)8-10(26-6-4-22)13(24)14(11)27-7-5-23/h8,18,22-24H,1-7,17H2. The number of fused-ring (bicyclic) bond motifs is 1. The van der Waals surface area contributed by atoms with Gasteiger partial charge in [0.15, 0.2) is 23.0 Å². The Hall–Kier alpha value is -3.05. The Morgan fingerprint density at radius 1 is 1.19 bits per heavy atom. The summed E-state index contributed by atoms with van der Waals surface area (Å²) in [4.78, 5) is 16.7. The van der Waals surface area contributed by atoms with E-state index in [-0.39, 0.29) is 60.8 Å². The number of carbonyl (C=O) groups is 1. The first-order valence-electron chi connectivity index (χ1n) is 8.39. The summed E-state index contributed by atoms with van der Waals surface area (Å²) in [5.41, 5.74) is 5.95. The molecule has 0 bridgehead atoms. The molecule has 1 aromatic rings. The number of nitrogens with zero attached hydrogens (tertiary/aromatic N) is 3. The van der Waals surface area contributed by atoms with Gasteiger partial charge in [-0.15, -0.1) is 0 Å². The molecule has 11 nitrogen and oxygen atoms in total. The van der Waals surface area contributed by atoms with E-state index in [1.807, 2.05) is 0 Å². The zero-order chi connectivity index (χ0) is 19.6. The van der Waals surface area contributed by atoms with Gasteiger partial charge in [-0.1, -0.05) is 0 Å².